The molecule has 2 rings (SSSR count). The highest BCUT2D eigenvalue weighted by Gasteiger charge is 2.25. The first-order valence-corrected chi connectivity index (χ1v) is 7.37. The largest absolute Gasteiger partial charge is 0.348 e. The zero-order valence-corrected chi connectivity index (χ0v) is 12.2. The summed E-state index contributed by atoms with van der Waals surface area (Å²) < 4.78 is 13.8. The second kappa shape index (κ2) is 6.48. The van der Waals surface area contributed by atoms with E-state index < -0.39 is 5.82 Å². The monoisotopic (exact) mass is 328 g/mol. The molecule has 0 bridgehead atoms. The molecule has 5 heteroatoms. The van der Waals surface area contributed by atoms with E-state index in [1.54, 1.807) is 6.07 Å². The van der Waals surface area contributed by atoms with Crippen molar-refractivity contribution in [1.29, 1.82) is 0 Å². The summed E-state index contributed by atoms with van der Waals surface area (Å²) in [5.74, 6) is -0.235. The number of hydrogen-bond donors (Lipinski definition) is 2. The van der Waals surface area contributed by atoms with Gasteiger partial charge in [-0.05, 0) is 52.9 Å². The highest BCUT2D eigenvalue weighted by Crippen LogP contribution is 2.27. The Bertz CT molecular complexity index is 461. The molecule has 3 N–H and O–H groups in total. The summed E-state index contributed by atoms with van der Waals surface area (Å²) in [6, 6.07) is 4.37. The molecular formula is C14H18BrFN2O. The van der Waals surface area contributed by atoms with Gasteiger partial charge in [0, 0.05) is 18.2 Å². The van der Waals surface area contributed by atoms with Gasteiger partial charge in [0.05, 0.1) is 4.47 Å². The zero-order chi connectivity index (χ0) is 13.8. The average molecular weight is 329 g/mol. The molecule has 1 fully saturated rings. The second-order valence-electron chi connectivity index (χ2n) is 4.99. The van der Waals surface area contributed by atoms with Gasteiger partial charge in [-0.1, -0.05) is 12.8 Å². The summed E-state index contributed by atoms with van der Waals surface area (Å²) in [6.07, 6.45) is 4.61. The maximum atomic E-state index is 13.4. The van der Waals surface area contributed by atoms with Crippen LogP contribution in [0, 0.1) is 11.7 Å². The normalized spacial score (nSPS) is 17.4. The van der Waals surface area contributed by atoms with E-state index in [4.69, 9.17) is 5.73 Å². The summed E-state index contributed by atoms with van der Waals surface area (Å²) in [7, 11) is 0. The van der Waals surface area contributed by atoms with Gasteiger partial charge in [0.1, 0.15) is 5.82 Å². The molecule has 1 aliphatic carbocycles. The molecular weight excluding hydrogens is 311 g/mol. The Morgan fingerprint density at radius 1 is 1.47 bits per heavy atom. The molecule has 0 saturated heterocycles. The number of nitrogens with two attached hydrogens (primary N) is 1. The van der Waals surface area contributed by atoms with Crippen LogP contribution in [0.3, 0.4) is 0 Å². The predicted molar refractivity (Wildman–Crippen MR) is 76.4 cm³/mol. The fourth-order valence-corrected chi connectivity index (χ4v) is 2.86. The minimum absolute atomic E-state index is 0.0123. The van der Waals surface area contributed by atoms with E-state index in [2.05, 4.69) is 21.2 Å². The molecule has 1 aliphatic rings. The van der Waals surface area contributed by atoms with Crippen LogP contribution in [0.4, 0.5) is 4.39 Å². The summed E-state index contributed by atoms with van der Waals surface area (Å²) in [5, 5.41) is 2.93. The van der Waals surface area contributed by atoms with Gasteiger partial charge >= 0.3 is 0 Å². The van der Waals surface area contributed by atoms with Gasteiger partial charge in [0.2, 0.25) is 0 Å². The molecule has 19 heavy (non-hydrogen) atoms. The Hall–Kier alpha value is -0.940. The molecule has 104 valence electrons. The summed E-state index contributed by atoms with van der Waals surface area (Å²) in [5.41, 5.74) is 6.07. The van der Waals surface area contributed by atoms with Crippen LogP contribution in [0.15, 0.2) is 22.7 Å². The number of amides is 1. The minimum Gasteiger partial charge on any atom is -0.348 e. The van der Waals surface area contributed by atoms with Crippen LogP contribution in [0.5, 0.6) is 0 Å². The molecule has 0 spiro atoms. The number of rotatable bonds is 4. The van der Waals surface area contributed by atoms with Crippen molar-refractivity contribution in [3.63, 3.8) is 0 Å². The fraction of sp³-hybridized carbons (Fsp3) is 0.500. The number of halogens is 2. The van der Waals surface area contributed by atoms with Gasteiger partial charge in [-0.25, -0.2) is 4.39 Å². The van der Waals surface area contributed by atoms with Crippen molar-refractivity contribution in [2.24, 2.45) is 11.7 Å². The van der Waals surface area contributed by atoms with Crippen LogP contribution in [-0.2, 0) is 0 Å². The molecule has 1 saturated carbocycles. The molecule has 1 unspecified atom stereocenters. The lowest BCUT2D eigenvalue weighted by Crippen LogP contribution is -2.44. The number of hydrogen-bond acceptors (Lipinski definition) is 2. The zero-order valence-electron chi connectivity index (χ0n) is 10.7. The Morgan fingerprint density at radius 3 is 2.74 bits per heavy atom. The third-order valence-corrected chi connectivity index (χ3v) is 4.36. The van der Waals surface area contributed by atoms with Crippen LogP contribution < -0.4 is 11.1 Å². The molecule has 1 atom stereocenters. The van der Waals surface area contributed by atoms with Crippen molar-refractivity contribution in [1.82, 2.24) is 5.32 Å². The maximum Gasteiger partial charge on any atom is 0.251 e. The Morgan fingerprint density at radius 2 is 2.16 bits per heavy atom. The standard InChI is InChI=1S/C14H18BrFN2O/c15-11-6-5-10(7-12(11)16)14(19)18-13(8-17)9-3-1-2-4-9/h5-7,9,13H,1-4,8,17H2,(H,18,19). The van der Waals surface area contributed by atoms with Crippen molar-refractivity contribution in [3.05, 3.63) is 34.1 Å². The third-order valence-electron chi connectivity index (χ3n) is 3.72. The SMILES string of the molecule is NCC(NC(=O)c1ccc(Br)c(F)c1)C1CCCC1. The quantitative estimate of drug-likeness (QED) is 0.892. The lowest BCUT2D eigenvalue weighted by atomic mass is 9.98. The first-order chi connectivity index (χ1) is 9.11. The van der Waals surface area contributed by atoms with Crippen molar-refractivity contribution >= 4 is 21.8 Å². The molecule has 1 amide bonds. The van der Waals surface area contributed by atoms with E-state index in [0.717, 1.165) is 12.8 Å². The molecule has 0 radical (unpaired) electrons. The van der Waals surface area contributed by atoms with E-state index in [-0.39, 0.29) is 11.9 Å². The number of nitrogens with one attached hydrogen (secondary N) is 1. The molecule has 0 aromatic heterocycles. The van der Waals surface area contributed by atoms with Gasteiger partial charge < -0.3 is 11.1 Å². The lowest BCUT2D eigenvalue weighted by molar-refractivity contribution is 0.0923. The van der Waals surface area contributed by atoms with E-state index in [1.165, 1.54) is 25.0 Å². The lowest BCUT2D eigenvalue weighted by Gasteiger charge is -2.23. The highest BCUT2D eigenvalue weighted by molar-refractivity contribution is 9.10. The average Bonchev–Trinajstić information content (AvgIpc) is 2.92. The summed E-state index contributed by atoms with van der Waals surface area (Å²) in [6.45, 7) is 0.426. The number of benzene rings is 1. The van der Waals surface area contributed by atoms with Crippen molar-refractivity contribution in [2.75, 3.05) is 6.54 Å². The van der Waals surface area contributed by atoms with Crippen LogP contribution in [0.25, 0.3) is 0 Å². The molecule has 1 aromatic carbocycles. The van der Waals surface area contributed by atoms with E-state index in [0.29, 0.717) is 22.5 Å². The predicted octanol–water partition coefficient (Wildman–Crippen LogP) is 2.84. The number of carbonyl (C=O) groups is 1. The third kappa shape index (κ3) is 3.54. The number of carbonyl (C=O) groups excluding carboxylic acids is 1. The van der Waals surface area contributed by atoms with Crippen LogP contribution >= 0.6 is 15.9 Å². The van der Waals surface area contributed by atoms with Crippen molar-refractivity contribution < 1.29 is 9.18 Å². The van der Waals surface area contributed by atoms with Gasteiger partial charge in [0.25, 0.3) is 5.91 Å². The topological polar surface area (TPSA) is 55.1 Å². The molecule has 3 nitrogen and oxygen atoms in total. The molecule has 0 aliphatic heterocycles. The minimum atomic E-state index is -0.433. The van der Waals surface area contributed by atoms with Gasteiger partial charge in [-0.15, -0.1) is 0 Å². The van der Waals surface area contributed by atoms with Crippen molar-refractivity contribution in [3.8, 4) is 0 Å². The Kier molecular flexibility index (Phi) is 4.93. The first-order valence-electron chi connectivity index (χ1n) is 6.58. The Labute approximate surface area is 120 Å². The summed E-state index contributed by atoms with van der Waals surface area (Å²) >= 11 is 3.07. The van der Waals surface area contributed by atoms with Gasteiger partial charge in [-0.2, -0.15) is 0 Å². The smallest absolute Gasteiger partial charge is 0.251 e. The van der Waals surface area contributed by atoms with Gasteiger partial charge in [0.15, 0.2) is 0 Å². The highest BCUT2D eigenvalue weighted by atomic mass is 79.9. The first kappa shape index (κ1) is 14.5. The van der Waals surface area contributed by atoms with E-state index in [1.807, 2.05) is 0 Å². The summed E-state index contributed by atoms with van der Waals surface area (Å²) in [4.78, 5) is 12.1. The van der Waals surface area contributed by atoms with Crippen LogP contribution in [0.2, 0.25) is 0 Å². The van der Waals surface area contributed by atoms with Crippen LogP contribution in [-0.4, -0.2) is 18.5 Å². The van der Waals surface area contributed by atoms with Crippen LogP contribution in [0.1, 0.15) is 36.0 Å². The second-order valence-corrected chi connectivity index (χ2v) is 5.84. The van der Waals surface area contributed by atoms with Gasteiger partial charge in [-0.3, -0.25) is 4.79 Å². The van der Waals surface area contributed by atoms with E-state index in [9.17, 15) is 9.18 Å². The fourth-order valence-electron chi connectivity index (χ4n) is 2.62. The van der Waals surface area contributed by atoms with E-state index >= 15 is 0 Å². The molecule has 1 aromatic rings. The Balaban J connectivity index is 2.04. The maximum absolute atomic E-state index is 13.4. The van der Waals surface area contributed by atoms with Crippen molar-refractivity contribution in [2.45, 2.75) is 31.7 Å². The molecule has 0 heterocycles.